The van der Waals surface area contributed by atoms with E-state index in [1.54, 1.807) is 7.11 Å². The highest BCUT2D eigenvalue weighted by atomic mass is 35.5. The molecule has 138 valence electrons. The molecule has 1 N–H and O–H groups in total. The average Bonchev–Trinajstić information content (AvgIpc) is 2.87. The van der Waals surface area contributed by atoms with Gasteiger partial charge in [0.2, 0.25) is 5.91 Å². The molecule has 3 rings (SSSR count). The van der Waals surface area contributed by atoms with Gasteiger partial charge in [-0.1, -0.05) is 35.9 Å². The third-order valence-electron chi connectivity index (χ3n) is 4.90. The number of hydrogen-bond acceptors (Lipinski definition) is 3. The number of carbonyl (C=O) groups is 1. The summed E-state index contributed by atoms with van der Waals surface area (Å²) < 4.78 is 5.32. The zero-order valence-corrected chi connectivity index (χ0v) is 15.9. The van der Waals surface area contributed by atoms with Crippen molar-refractivity contribution in [3.05, 3.63) is 64.2 Å². The van der Waals surface area contributed by atoms with Gasteiger partial charge >= 0.3 is 0 Å². The SMILES string of the molecule is COc1ccc2c(c1)CCN(CCC(=O)NCc1ccccc1Cl)CC2. The summed E-state index contributed by atoms with van der Waals surface area (Å²) in [6, 6.07) is 13.9. The van der Waals surface area contributed by atoms with Crippen LogP contribution in [0.25, 0.3) is 0 Å². The van der Waals surface area contributed by atoms with E-state index in [0.29, 0.717) is 18.0 Å². The smallest absolute Gasteiger partial charge is 0.221 e. The minimum absolute atomic E-state index is 0.0633. The van der Waals surface area contributed by atoms with Gasteiger partial charge in [-0.3, -0.25) is 4.79 Å². The lowest BCUT2D eigenvalue weighted by atomic mass is 10.0. The maximum Gasteiger partial charge on any atom is 0.221 e. The van der Waals surface area contributed by atoms with Crippen LogP contribution in [0.15, 0.2) is 42.5 Å². The van der Waals surface area contributed by atoms with Gasteiger partial charge in [0.05, 0.1) is 7.11 Å². The summed E-state index contributed by atoms with van der Waals surface area (Å²) in [7, 11) is 1.70. The molecule has 0 spiro atoms. The van der Waals surface area contributed by atoms with Gasteiger partial charge in [-0.25, -0.2) is 0 Å². The molecule has 1 amide bonds. The maximum atomic E-state index is 12.2. The first-order valence-electron chi connectivity index (χ1n) is 9.04. The first-order valence-corrected chi connectivity index (χ1v) is 9.42. The van der Waals surface area contributed by atoms with Crippen molar-refractivity contribution < 1.29 is 9.53 Å². The topological polar surface area (TPSA) is 41.6 Å². The van der Waals surface area contributed by atoms with Crippen LogP contribution < -0.4 is 10.1 Å². The van der Waals surface area contributed by atoms with E-state index in [-0.39, 0.29) is 5.91 Å². The second kappa shape index (κ2) is 9.06. The van der Waals surface area contributed by atoms with E-state index in [1.165, 1.54) is 11.1 Å². The van der Waals surface area contributed by atoms with Crippen molar-refractivity contribution >= 4 is 17.5 Å². The number of carbonyl (C=O) groups excluding carboxylic acids is 1. The maximum absolute atomic E-state index is 12.2. The highest BCUT2D eigenvalue weighted by molar-refractivity contribution is 6.31. The van der Waals surface area contributed by atoms with Crippen LogP contribution in [0.2, 0.25) is 5.02 Å². The van der Waals surface area contributed by atoms with Gasteiger partial charge in [-0.05, 0) is 47.7 Å². The Bertz CT molecular complexity index is 763. The Labute approximate surface area is 160 Å². The van der Waals surface area contributed by atoms with E-state index in [2.05, 4.69) is 22.3 Å². The molecule has 0 fully saturated rings. The number of nitrogens with one attached hydrogen (secondary N) is 1. The normalized spacial score (nSPS) is 14.4. The quantitative estimate of drug-likeness (QED) is 0.844. The zero-order chi connectivity index (χ0) is 18.4. The van der Waals surface area contributed by atoms with Gasteiger partial charge in [0.15, 0.2) is 0 Å². The van der Waals surface area contributed by atoms with Gasteiger partial charge in [0.25, 0.3) is 0 Å². The van der Waals surface area contributed by atoms with Gasteiger partial charge in [0, 0.05) is 37.6 Å². The monoisotopic (exact) mass is 372 g/mol. The molecule has 2 aromatic carbocycles. The Hall–Kier alpha value is -2.04. The van der Waals surface area contributed by atoms with Crippen molar-refractivity contribution in [3.63, 3.8) is 0 Å². The fraction of sp³-hybridized carbons (Fsp3) is 0.381. The summed E-state index contributed by atoms with van der Waals surface area (Å²) >= 11 is 6.12. The van der Waals surface area contributed by atoms with Crippen LogP contribution in [0.3, 0.4) is 0 Å². The number of halogens is 1. The second-order valence-corrected chi connectivity index (χ2v) is 7.00. The van der Waals surface area contributed by atoms with Crippen molar-refractivity contribution in [2.24, 2.45) is 0 Å². The van der Waals surface area contributed by atoms with Crippen LogP contribution in [0, 0.1) is 0 Å². The Morgan fingerprint density at radius 1 is 1.15 bits per heavy atom. The van der Waals surface area contributed by atoms with Crippen molar-refractivity contribution in [3.8, 4) is 5.75 Å². The molecule has 0 saturated carbocycles. The third kappa shape index (κ3) is 4.99. The van der Waals surface area contributed by atoms with E-state index < -0.39 is 0 Å². The highest BCUT2D eigenvalue weighted by Gasteiger charge is 2.15. The third-order valence-corrected chi connectivity index (χ3v) is 5.27. The number of amides is 1. The summed E-state index contributed by atoms with van der Waals surface area (Å²) in [5, 5.41) is 3.65. The molecule has 4 nitrogen and oxygen atoms in total. The average molecular weight is 373 g/mol. The van der Waals surface area contributed by atoms with Crippen LogP contribution in [-0.4, -0.2) is 37.6 Å². The summed E-state index contributed by atoms with van der Waals surface area (Å²) in [5.41, 5.74) is 3.69. The molecule has 2 aromatic rings. The molecule has 0 radical (unpaired) electrons. The molecular formula is C21H25ClN2O2. The number of rotatable bonds is 6. The fourth-order valence-corrected chi connectivity index (χ4v) is 3.48. The first kappa shape index (κ1) is 18.7. The Balaban J connectivity index is 1.45. The van der Waals surface area contributed by atoms with Crippen molar-refractivity contribution in [1.82, 2.24) is 10.2 Å². The molecule has 1 aliphatic heterocycles. The molecule has 0 unspecified atom stereocenters. The summed E-state index contributed by atoms with van der Waals surface area (Å²) in [4.78, 5) is 14.5. The van der Waals surface area contributed by atoms with Crippen LogP contribution in [0.4, 0.5) is 0 Å². The second-order valence-electron chi connectivity index (χ2n) is 6.59. The van der Waals surface area contributed by atoms with Gasteiger partial charge in [-0.2, -0.15) is 0 Å². The minimum atomic E-state index is 0.0633. The zero-order valence-electron chi connectivity index (χ0n) is 15.1. The Kier molecular flexibility index (Phi) is 6.53. The van der Waals surface area contributed by atoms with Crippen LogP contribution in [-0.2, 0) is 24.2 Å². The van der Waals surface area contributed by atoms with Crippen LogP contribution >= 0.6 is 11.6 Å². The van der Waals surface area contributed by atoms with E-state index in [4.69, 9.17) is 16.3 Å². The molecule has 0 saturated heterocycles. The van der Waals surface area contributed by atoms with Crippen molar-refractivity contribution in [2.75, 3.05) is 26.7 Å². The largest absolute Gasteiger partial charge is 0.497 e. The van der Waals surface area contributed by atoms with Gasteiger partial charge in [0.1, 0.15) is 5.75 Å². The predicted octanol–water partition coefficient (Wildman–Crippen LogP) is 3.46. The number of fused-ring (bicyclic) bond motifs is 1. The number of hydrogen-bond donors (Lipinski definition) is 1. The summed E-state index contributed by atoms with van der Waals surface area (Å²) in [6.07, 6.45) is 2.51. The van der Waals surface area contributed by atoms with E-state index >= 15 is 0 Å². The van der Waals surface area contributed by atoms with Crippen LogP contribution in [0.5, 0.6) is 5.75 Å². The summed E-state index contributed by atoms with van der Waals surface area (Å²) in [6.45, 7) is 3.21. The lowest BCUT2D eigenvalue weighted by Crippen LogP contribution is -2.32. The number of nitrogens with zero attached hydrogens (tertiary/aromatic N) is 1. The van der Waals surface area contributed by atoms with Crippen LogP contribution in [0.1, 0.15) is 23.1 Å². The first-order chi connectivity index (χ1) is 12.7. The molecular weight excluding hydrogens is 348 g/mol. The number of benzene rings is 2. The van der Waals surface area contributed by atoms with E-state index in [0.717, 1.165) is 43.8 Å². The molecule has 0 bridgehead atoms. The fourth-order valence-electron chi connectivity index (χ4n) is 3.28. The lowest BCUT2D eigenvalue weighted by molar-refractivity contribution is -0.121. The van der Waals surface area contributed by atoms with Gasteiger partial charge in [-0.15, -0.1) is 0 Å². The molecule has 5 heteroatoms. The van der Waals surface area contributed by atoms with E-state index in [9.17, 15) is 4.79 Å². The Morgan fingerprint density at radius 2 is 1.92 bits per heavy atom. The standard InChI is InChI=1S/C21H25ClN2O2/c1-26-19-7-6-16-8-11-24(12-9-17(16)14-19)13-10-21(25)23-15-18-4-2-3-5-20(18)22/h2-7,14H,8-13,15H2,1H3,(H,23,25). The van der Waals surface area contributed by atoms with Gasteiger partial charge < -0.3 is 15.0 Å². The summed E-state index contributed by atoms with van der Waals surface area (Å²) in [5.74, 6) is 0.976. The van der Waals surface area contributed by atoms with E-state index in [1.807, 2.05) is 30.3 Å². The van der Waals surface area contributed by atoms with Crippen molar-refractivity contribution in [1.29, 1.82) is 0 Å². The molecule has 0 aromatic heterocycles. The molecule has 26 heavy (non-hydrogen) atoms. The number of methoxy groups -OCH3 is 1. The van der Waals surface area contributed by atoms with Crippen molar-refractivity contribution in [2.45, 2.75) is 25.8 Å². The highest BCUT2D eigenvalue weighted by Crippen LogP contribution is 2.21. The number of ether oxygens (including phenoxy) is 1. The Morgan fingerprint density at radius 3 is 2.69 bits per heavy atom. The molecule has 1 aliphatic rings. The minimum Gasteiger partial charge on any atom is -0.497 e. The molecule has 0 aliphatic carbocycles. The molecule has 0 atom stereocenters. The molecule has 1 heterocycles. The lowest BCUT2D eigenvalue weighted by Gasteiger charge is -2.19. The predicted molar refractivity (Wildman–Crippen MR) is 105 cm³/mol.